The van der Waals surface area contributed by atoms with Crippen molar-refractivity contribution in [1.82, 2.24) is 42.8 Å². The summed E-state index contributed by atoms with van der Waals surface area (Å²) in [6.45, 7) is 21.3. The zero-order valence-electron chi connectivity index (χ0n) is 39.9. The van der Waals surface area contributed by atoms with Crippen LogP contribution < -0.4 is 48.5 Å². The highest BCUT2D eigenvalue weighted by atomic mass is 19.2. The summed E-state index contributed by atoms with van der Waals surface area (Å²) in [5.41, 5.74) is 4.91. The smallest absolute Gasteiger partial charge is 0.407 e. The zero-order chi connectivity index (χ0) is 48.4. The maximum absolute atomic E-state index is 14.0. The third-order valence-electron chi connectivity index (χ3n) is 8.21. The number of hydrogen-bond acceptors (Lipinski definition) is 13. The van der Waals surface area contributed by atoms with Crippen molar-refractivity contribution in [1.29, 1.82) is 0 Å². The SMILES string of the molecule is CC(C)(C)OC[C@H](N)C(=O)N[C@@H](CCCCNC(=O)OC(C)(C)C)C(=O)N[C@@H](CCCCNC(=O)OC(C)(C)C)C(=O)N[C@@H](CCCCNC(=O)OC(C)(C)C)C(=O)NCCNF. The molecule has 0 heterocycles. The summed E-state index contributed by atoms with van der Waals surface area (Å²) in [5, 5.41) is 18.7. The molecule has 0 aromatic carbocycles. The van der Waals surface area contributed by atoms with Gasteiger partial charge in [0.2, 0.25) is 23.6 Å². The molecule has 0 aromatic rings. The molecule has 20 nitrogen and oxygen atoms in total. The Morgan fingerprint density at radius 2 is 0.778 bits per heavy atom. The van der Waals surface area contributed by atoms with Crippen molar-refractivity contribution in [2.75, 3.05) is 39.3 Å². The van der Waals surface area contributed by atoms with E-state index >= 15 is 0 Å². The van der Waals surface area contributed by atoms with Gasteiger partial charge in [0.25, 0.3) is 0 Å². The molecule has 0 saturated carbocycles. The van der Waals surface area contributed by atoms with Crippen LogP contribution in [0.25, 0.3) is 0 Å². The summed E-state index contributed by atoms with van der Waals surface area (Å²) in [7, 11) is 0. The van der Waals surface area contributed by atoms with E-state index in [0.29, 0.717) is 38.5 Å². The first-order valence-corrected chi connectivity index (χ1v) is 21.8. The molecule has 0 bridgehead atoms. The molecule has 4 atom stereocenters. The number of halogens is 1. The Kier molecular flexibility index (Phi) is 27.0. The van der Waals surface area contributed by atoms with Crippen molar-refractivity contribution < 1.29 is 57.0 Å². The highest BCUT2D eigenvalue weighted by molar-refractivity contribution is 5.94. The summed E-state index contributed by atoms with van der Waals surface area (Å²) in [6, 6.07) is -4.63. The monoisotopic (exact) mass is 906 g/mol. The van der Waals surface area contributed by atoms with Crippen molar-refractivity contribution in [2.45, 2.75) is 187 Å². The van der Waals surface area contributed by atoms with Gasteiger partial charge >= 0.3 is 18.3 Å². The summed E-state index contributed by atoms with van der Waals surface area (Å²) in [5.74, 6) is -2.67. The molecular weight excluding hydrogens is 826 g/mol. The number of nitrogens with two attached hydrogens (primary N) is 1. The highest BCUT2D eigenvalue weighted by Gasteiger charge is 2.31. The molecule has 366 valence electrons. The van der Waals surface area contributed by atoms with E-state index in [0.717, 1.165) is 0 Å². The summed E-state index contributed by atoms with van der Waals surface area (Å²) < 4.78 is 34.1. The van der Waals surface area contributed by atoms with Gasteiger partial charge in [0.15, 0.2) is 0 Å². The minimum absolute atomic E-state index is 0.0624. The molecule has 0 aliphatic carbocycles. The van der Waals surface area contributed by atoms with Gasteiger partial charge in [-0.25, -0.2) is 14.4 Å². The number of rotatable bonds is 27. The number of nitrogens with one attached hydrogen (secondary N) is 8. The lowest BCUT2D eigenvalue weighted by molar-refractivity contribution is -0.134. The van der Waals surface area contributed by atoms with Crippen LogP contribution in [0.2, 0.25) is 0 Å². The third-order valence-corrected chi connectivity index (χ3v) is 8.21. The van der Waals surface area contributed by atoms with E-state index in [1.165, 1.54) is 5.54 Å². The summed E-state index contributed by atoms with van der Waals surface area (Å²) >= 11 is 0. The van der Waals surface area contributed by atoms with E-state index in [4.69, 9.17) is 24.7 Å². The Hall–Kier alpha value is -4.50. The number of alkyl carbamates (subject to hydrolysis) is 3. The average Bonchev–Trinajstić information content (AvgIpc) is 3.12. The first kappa shape index (κ1) is 58.5. The molecule has 0 unspecified atom stereocenters. The van der Waals surface area contributed by atoms with Gasteiger partial charge in [-0.3, -0.25) is 19.2 Å². The van der Waals surface area contributed by atoms with Crippen molar-refractivity contribution in [3.8, 4) is 0 Å². The molecule has 0 saturated heterocycles. The Labute approximate surface area is 373 Å². The second kappa shape index (κ2) is 29.0. The van der Waals surface area contributed by atoms with Gasteiger partial charge in [-0.05, 0) is 141 Å². The largest absolute Gasteiger partial charge is 0.444 e. The van der Waals surface area contributed by atoms with Crippen molar-refractivity contribution in [3.63, 3.8) is 0 Å². The quantitative estimate of drug-likeness (QED) is 0.0326. The number of carbonyl (C=O) groups is 7. The van der Waals surface area contributed by atoms with Crippen molar-refractivity contribution in [3.05, 3.63) is 0 Å². The van der Waals surface area contributed by atoms with Crippen LogP contribution in [0.3, 0.4) is 0 Å². The maximum Gasteiger partial charge on any atom is 0.407 e. The number of amides is 7. The number of carbonyl (C=O) groups excluding carboxylic acids is 7. The third kappa shape index (κ3) is 32.8. The van der Waals surface area contributed by atoms with Gasteiger partial charge in [0, 0.05) is 32.7 Å². The van der Waals surface area contributed by atoms with Crippen LogP contribution in [0.5, 0.6) is 0 Å². The number of hydrogen-bond donors (Lipinski definition) is 9. The minimum atomic E-state index is -1.22. The van der Waals surface area contributed by atoms with E-state index in [1.807, 2.05) is 0 Å². The lowest BCUT2D eigenvalue weighted by Gasteiger charge is -2.27. The van der Waals surface area contributed by atoms with Crippen LogP contribution in [-0.2, 0) is 38.1 Å². The van der Waals surface area contributed by atoms with E-state index in [1.54, 1.807) is 83.1 Å². The van der Waals surface area contributed by atoms with Crippen LogP contribution in [0.1, 0.15) is 141 Å². The van der Waals surface area contributed by atoms with Crippen LogP contribution in [0.15, 0.2) is 0 Å². The summed E-state index contributed by atoms with van der Waals surface area (Å²) in [6.07, 6.45) is 0.741. The molecule has 21 heteroatoms. The molecule has 7 amide bonds. The van der Waals surface area contributed by atoms with Crippen LogP contribution >= 0.6 is 0 Å². The van der Waals surface area contributed by atoms with Gasteiger partial charge < -0.3 is 61.9 Å². The van der Waals surface area contributed by atoms with Gasteiger partial charge in [0.1, 0.15) is 41.0 Å². The predicted octanol–water partition coefficient (Wildman–Crippen LogP) is 3.26. The van der Waals surface area contributed by atoms with E-state index in [2.05, 4.69) is 37.2 Å². The Morgan fingerprint density at radius 3 is 1.10 bits per heavy atom. The molecule has 0 aliphatic rings. The highest BCUT2D eigenvalue weighted by Crippen LogP contribution is 2.12. The Morgan fingerprint density at radius 1 is 0.444 bits per heavy atom. The van der Waals surface area contributed by atoms with Crippen molar-refractivity contribution in [2.24, 2.45) is 5.73 Å². The van der Waals surface area contributed by atoms with E-state index in [-0.39, 0.29) is 58.6 Å². The molecule has 0 radical (unpaired) electrons. The standard InChI is InChI=1S/C42H80FN9O11/c1-39(2,3)60-27-28(44)32(53)50-30(20-14-17-23-47-37(58)62-41(7,8)9)34(55)52-31(21-15-18-24-48-38(59)63-42(10,11)12)35(56)51-29(33(54)45-25-26-49-43)19-13-16-22-46-36(57)61-40(4,5)6/h28-31,49H,13-27,44H2,1-12H3,(H,45,54)(H,46,57)(H,47,58)(H,48,59)(H,50,53)(H,51,56)(H,52,55)/t28-,29-,30-,31-/m0/s1. The van der Waals surface area contributed by atoms with E-state index in [9.17, 15) is 38.0 Å². The molecule has 0 fully saturated rings. The van der Waals surface area contributed by atoms with Gasteiger partial charge in [0.05, 0.1) is 12.2 Å². The lowest BCUT2D eigenvalue weighted by Crippen LogP contribution is -2.58. The topological polar surface area (TPSA) is 279 Å². The second-order valence-electron chi connectivity index (χ2n) is 19.2. The summed E-state index contributed by atoms with van der Waals surface area (Å²) in [4.78, 5) is 91.1. The fourth-order valence-corrected chi connectivity index (χ4v) is 5.34. The molecule has 0 aliphatic heterocycles. The molecular formula is C42H80FN9O11. The van der Waals surface area contributed by atoms with Crippen molar-refractivity contribution >= 4 is 41.9 Å². The lowest BCUT2D eigenvalue weighted by atomic mass is 10.0. The molecule has 0 spiro atoms. The van der Waals surface area contributed by atoms with Gasteiger partial charge in [-0.15, -0.1) is 4.48 Å². The first-order chi connectivity index (χ1) is 29.0. The average molecular weight is 906 g/mol. The Bertz CT molecular complexity index is 1430. The van der Waals surface area contributed by atoms with E-state index < -0.39 is 88.5 Å². The molecule has 0 aromatic heterocycles. The fourth-order valence-electron chi connectivity index (χ4n) is 5.34. The second-order valence-corrected chi connectivity index (χ2v) is 19.2. The van der Waals surface area contributed by atoms with Crippen LogP contribution in [-0.4, -0.2) is 128 Å². The van der Waals surface area contributed by atoms with Gasteiger partial charge in [-0.1, -0.05) is 0 Å². The number of unbranched alkanes of at least 4 members (excludes halogenated alkanes) is 3. The first-order valence-electron chi connectivity index (χ1n) is 21.8. The number of ether oxygens (including phenoxy) is 4. The Balaban J connectivity index is 6.27. The maximum atomic E-state index is 14.0. The van der Waals surface area contributed by atoms with Crippen LogP contribution in [0, 0.1) is 0 Å². The molecule has 0 rings (SSSR count). The van der Waals surface area contributed by atoms with Gasteiger partial charge in [-0.2, -0.15) is 5.54 Å². The zero-order valence-corrected chi connectivity index (χ0v) is 39.9. The minimum Gasteiger partial charge on any atom is -0.444 e. The normalized spacial score (nSPS) is 13.9. The fraction of sp³-hybridized carbons (Fsp3) is 0.833. The van der Waals surface area contributed by atoms with Crippen LogP contribution in [0.4, 0.5) is 18.9 Å². The molecule has 63 heavy (non-hydrogen) atoms. The predicted molar refractivity (Wildman–Crippen MR) is 236 cm³/mol. The molecule has 10 N–H and O–H groups in total.